The summed E-state index contributed by atoms with van der Waals surface area (Å²) in [5.41, 5.74) is 3.41. The monoisotopic (exact) mass is 442 g/mol. The number of rotatable bonds is 3. The van der Waals surface area contributed by atoms with Crippen LogP contribution in [-0.4, -0.2) is 31.2 Å². The summed E-state index contributed by atoms with van der Waals surface area (Å²) < 4.78 is 12.5. The second kappa shape index (κ2) is 7.60. The van der Waals surface area contributed by atoms with Gasteiger partial charge in [-0.1, -0.05) is 15.9 Å². The van der Waals surface area contributed by atoms with Gasteiger partial charge in [0.05, 0.1) is 12.2 Å². The zero-order valence-electron chi connectivity index (χ0n) is 16.2. The fourth-order valence-corrected chi connectivity index (χ4v) is 4.10. The van der Waals surface area contributed by atoms with Gasteiger partial charge in [-0.2, -0.15) is 0 Å². The number of carbonyl (C=O) groups excluding carboxylic acids is 1. The Morgan fingerprint density at radius 3 is 2.46 bits per heavy atom. The van der Waals surface area contributed by atoms with Crippen molar-refractivity contribution < 1.29 is 13.9 Å². The molecule has 1 saturated heterocycles. The average molecular weight is 443 g/mol. The van der Waals surface area contributed by atoms with Gasteiger partial charge in [0.2, 0.25) is 0 Å². The van der Waals surface area contributed by atoms with Crippen LogP contribution in [0.2, 0.25) is 0 Å². The highest BCUT2D eigenvalue weighted by atomic mass is 79.9. The van der Waals surface area contributed by atoms with E-state index in [1.54, 1.807) is 0 Å². The van der Waals surface area contributed by atoms with Crippen molar-refractivity contribution in [1.82, 2.24) is 0 Å². The Labute approximate surface area is 172 Å². The van der Waals surface area contributed by atoms with Gasteiger partial charge in [0, 0.05) is 39.9 Å². The lowest BCUT2D eigenvalue weighted by molar-refractivity contribution is -0.00521. The first-order valence-corrected chi connectivity index (χ1v) is 10.2. The summed E-state index contributed by atoms with van der Waals surface area (Å²) in [6, 6.07) is 13.6. The van der Waals surface area contributed by atoms with Gasteiger partial charge in [-0.3, -0.25) is 4.79 Å². The molecular weight excluding hydrogens is 420 g/mol. The number of amides is 1. The minimum absolute atomic E-state index is 0.208. The highest BCUT2D eigenvalue weighted by Gasteiger charge is 2.22. The molecule has 28 heavy (non-hydrogen) atoms. The number of furan rings is 1. The predicted octanol–water partition coefficient (Wildman–Crippen LogP) is 5.37. The van der Waals surface area contributed by atoms with E-state index in [0.717, 1.165) is 39.9 Å². The van der Waals surface area contributed by atoms with Gasteiger partial charge >= 0.3 is 0 Å². The van der Waals surface area contributed by atoms with Gasteiger partial charge in [-0.15, -0.1) is 0 Å². The zero-order valence-corrected chi connectivity index (χ0v) is 17.7. The maximum Gasteiger partial charge on any atom is 0.291 e. The number of hydrogen-bond donors (Lipinski definition) is 1. The van der Waals surface area contributed by atoms with Crippen molar-refractivity contribution in [1.29, 1.82) is 0 Å². The molecule has 0 radical (unpaired) electrons. The molecule has 1 amide bonds. The number of nitrogens with zero attached hydrogens (tertiary/aromatic N) is 1. The van der Waals surface area contributed by atoms with Crippen molar-refractivity contribution in [3.63, 3.8) is 0 Å². The van der Waals surface area contributed by atoms with Crippen LogP contribution in [0.5, 0.6) is 0 Å². The van der Waals surface area contributed by atoms with Gasteiger partial charge in [0.1, 0.15) is 5.58 Å². The molecule has 1 aliphatic rings. The molecule has 4 rings (SSSR count). The molecule has 1 aliphatic heterocycles. The van der Waals surface area contributed by atoms with E-state index in [9.17, 15) is 4.79 Å². The lowest BCUT2D eigenvalue weighted by Crippen LogP contribution is -2.45. The fraction of sp³-hybridized carbons (Fsp3) is 0.318. The number of nitrogens with one attached hydrogen (secondary N) is 1. The number of morpholine rings is 1. The molecular formula is C22H23BrN2O3. The van der Waals surface area contributed by atoms with Gasteiger partial charge in [-0.05, 0) is 63.2 Å². The van der Waals surface area contributed by atoms with Crippen LogP contribution in [0.4, 0.5) is 11.4 Å². The van der Waals surface area contributed by atoms with Gasteiger partial charge < -0.3 is 19.4 Å². The van der Waals surface area contributed by atoms with E-state index in [2.05, 4.69) is 40.0 Å². The molecule has 5 nitrogen and oxygen atoms in total. The molecule has 6 heteroatoms. The Kier molecular flexibility index (Phi) is 5.17. The first-order valence-electron chi connectivity index (χ1n) is 9.41. The van der Waals surface area contributed by atoms with Gasteiger partial charge in [0.25, 0.3) is 5.91 Å². The Hall–Kier alpha value is -2.31. The minimum atomic E-state index is -0.244. The standard InChI is InChI=1S/C22H23BrN2O3/c1-13-11-25(12-14(2)27-13)18-7-5-17(6-8-18)24-22(26)21-15(3)19-10-16(23)4-9-20(19)28-21/h4-10,13-14H,11-12H2,1-3H3,(H,24,26). The number of hydrogen-bond acceptors (Lipinski definition) is 4. The number of benzene rings is 2. The Morgan fingerprint density at radius 1 is 1.11 bits per heavy atom. The van der Waals surface area contributed by atoms with E-state index < -0.39 is 0 Å². The second-order valence-electron chi connectivity index (χ2n) is 7.36. The zero-order chi connectivity index (χ0) is 19.8. The SMILES string of the molecule is Cc1c(C(=O)Nc2ccc(N3CC(C)OC(C)C3)cc2)oc2ccc(Br)cc12. The van der Waals surface area contributed by atoms with Crippen LogP contribution >= 0.6 is 15.9 Å². The van der Waals surface area contributed by atoms with E-state index >= 15 is 0 Å². The molecule has 3 aromatic rings. The largest absolute Gasteiger partial charge is 0.451 e. The number of anilines is 2. The third-order valence-corrected chi connectivity index (χ3v) is 5.51. The molecule has 2 atom stereocenters. The smallest absolute Gasteiger partial charge is 0.291 e. The van der Waals surface area contributed by atoms with Crippen LogP contribution in [0.3, 0.4) is 0 Å². The van der Waals surface area contributed by atoms with Crippen molar-refractivity contribution in [3.8, 4) is 0 Å². The summed E-state index contributed by atoms with van der Waals surface area (Å²) in [6.45, 7) is 7.81. The van der Waals surface area contributed by atoms with E-state index in [1.165, 1.54) is 0 Å². The predicted molar refractivity (Wildman–Crippen MR) is 115 cm³/mol. The van der Waals surface area contributed by atoms with E-state index in [4.69, 9.17) is 9.15 Å². The highest BCUT2D eigenvalue weighted by Crippen LogP contribution is 2.29. The summed E-state index contributed by atoms with van der Waals surface area (Å²) in [7, 11) is 0. The second-order valence-corrected chi connectivity index (χ2v) is 8.28. The lowest BCUT2D eigenvalue weighted by Gasteiger charge is -2.36. The van der Waals surface area contributed by atoms with Crippen molar-refractivity contribution in [2.45, 2.75) is 33.0 Å². The molecule has 0 saturated carbocycles. The Bertz CT molecular complexity index is 1000. The Morgan fingerprint density at radius 2 is 1.79 bits per heavy atom. The number of aryl methyl sites for hydroxylation is 1. The van der Waals surface area contributed by atoms with Crippen molar-refractivity contribution >= 4 is 44.2 Å². The lowest BCUT2D eigenvalue weighted by atomic mass is 10.1. The normalized spacial score (nSPS) is 19.8. The first-order chi connectivity index (χ1) is 13.4. The van der Waals surface area contributed by atoms with Crippen LogP contribution < -0.4 is 10.2 Å². The van der Waals surface area contributed by atoms with E-state index in [1.807, 2.05) is 49.4 Å². The molecule has 2 unspecified atom stereocenters. The maximum absolute atomic E-state index is 12.7. The molecule has 1 N–H and O–H groups in total. The molecule has 2 aromatic carbocycles. The molecule has 0 spiro atoms. The van der Waals surface area contributed by atoms with Crippen molar-refractivity contribution in [3.05, 3.63) is 58.3 Å². The summed E-state index contributed by atoms with van der Waals surface area (Å²) in [4.78, 5) is 15.0. The van der Waals surface area contributed by atoms with Gasteiger partial charge in [-0.25, -0.2) is 0 Å². The van der Waals surface area contributed by atoms with Crippen LogP contribution in [-0.2, 0) is 4.74 Å². The van der Waals surface area contributed by atoms with Crippen LogP contribution in [0.15, 0.2) is 51.4 Å². The third-order valence-electron chi connectivity index (χ3n) is 5.01. The summed E-state index contributed by atoms with van der Waals surface area (Å²) in [6.07, 6.45) is 0.415. The Balaban J connectivity index is 1.50. The average Bonchev–Trinajstić information content (AvgIpc) is 2.98. The van der Waals surface area contributed by atoms with E-state index in [0.29, 0.717) is 11.3 Å². The van der Waals surface area contributed by atoms with Crippen LogP contribution in [0.25, 0.3) is 11.0 Å². The topological polar surface area (TPSA) is 54.7 Å². The summed E-state index contributed by atoms with van der Waals surface area (Å²) in [5.74, 6) is 0.0965. The molecule has 2 heterocycles. The summed E-state index contributed by atoms with van der Waals surface area (Å²) in [5, 5.41) is 3.87. The minimum Gasteiger partial charge on any atom is -0.451 e. The van der Waals surface area contributed by atoms with Crippen molar-refractivity contribution in [2.75, 3.05) is 23.3 Å². The first kappa shape index (κ1) is 19.0. The summed E-state index contributed by atoms with van der Waals surface area (Å²) >= 11 is 3.46. The number of fused-ring (bicyclic) bond motifs is 1. The number of halogens is 1. The van der Waals surface area contributed by atoms with Crippen molar-refractivity contribution in [2.24, 2.45) is 0 Å². The number of carbonyl (C=O) groups is 1. The van der Waals surface area contributed by atoms with Gasteiger partial charge in [0.15, 0.2) is 5.76 Å². The molecule has 1 aromatic heterocycles. The maximum atomic E-state index is 12.7. The van der Waals surface area contributed by atoms with E-state index in [-0.39, 0.29) is 18.1 Å². The molecule has 146 valence electrons. The highest BCUT2D eigenvalue weighted by molar-refractivity contribution is 9.10. The van der Waals surface area contributed by atoms with Crippen LogP contribution in [0.1, 0.15) is 30.0 Å². The number of ether oxygens (including phenoxy) is 1. The van der Waals surface area contributed by atoms with Crippen LogP contribution in [0, 0.1) is 6.92 Å². The third kappa shape index (κ3) is 3.80. The quantitative estimate of drug-likeness (QED) is 0.592. The fourth-order valence-electron chi connectivity index (χ4n) is 3.74. The molecule has 0 bridgehead atoms. The molecule has 0 aliphatic carbocycles. The molecule has 1 fully saturated rings.